The number of carbonyl (C=O) groups excluding carboxylic acids is 2. The maximum atomic E-state index is 12.5. The molecule has 8 heteroatoms. The number of benzene rings is 2. The number of hydrogen-bond donors (Lipinski definition) is 2. The molecule has 154 valence electrons. The van der Waals surface area contributed by atoms with E-state index in [0.717, 1.165) is 16.9 Å². The van der Waals surface area contributed by atoms with Gasteiger partial charge in [-0.3, -0.25) is 19.7 Å². The molecule has 2 rings (SSSR count). The Morgan fingerprint density at radius 1 is 1.17 bits per heavy atom. The first-order valence-corrected chi connectivity index (χ1v) is 10.2. The minimum atomic E-state index is -0.810. The van der Waals surface area contributed by atoms with E-state index in [1.54, 1.807) is 18.7 Å². The lowest BCUT2D eigenvalue weighted by molar-refractivity contribution is -0.384. The molecule has 0 fully saturated rings. The van der Waals surface area contributed by atoms with Crippen LogP contribution in [-0.2, 0) is 4.79 Å². The summed E-state index contributed by atoms with van der Waals surface area (Å²) in [6, 6.07) is 10.4. The summed E-state index contributed by atoms with van der Waals surface area (Å²) in [6.07, 6.45) is 1.07. The SMILES string of the molecule is CCC(C)Sc1ccc(NC(=O)C(C)NC(=O)c2cccc([N+](=O)[O-])c2)c(C)c1. The topological polar surface area (TPSA) is 101 Å². The molecule has 0 aromatic heterocycles. The lowest BCUT2D eigenvalue weighted by atomic mass is 10.1. The summed E-state index contributed by atoms with van der Waals surface area (Å²) in [6.45, 7) is 7.79. The summed E-state index contributed by atoms with van der Waals surface area (Å²) in [5.74, 6) is -0.914. The van der Waals surface area contributed by atoms with Gasteiger partial charge >= 0.3 is 0 Å². The van der Waals surface area contributed by atoms with Crippen molar-refractivity contribution in [1.29, 1.82) is 0 Å². The zero-order valence-electron chi connectivity index (χ0n) is 16.9. The summed E-state index contributed by atoms with van der Waals surface area (Å²) in [7, 11) is 0. The highest BCUT2D eigenvalue weighted by molar-refractivity contribution is 7.99. The van der Waals surface area contributed by atoms with Crippen LogP contribution in [0.4, 0.5) is 11.4 Å². The van der Waals surface area contributed by atoms with Crippen molar-refractivity contribution in [3.8, 4) is 0 Å². The Balaban J connectivity index is 2.01. The van der Waals surface area contributed by atoms with Crippen LogP contribution in [0.15, 0.2) is 47.4 Å². The van der Waals surface area contributed by atoms with Gasteiger partial charge in [0, 0.05) is 33.5 Å². The van der Waals surface area contributed by atoms with Crippen LogP contribution in [0.3, 0.4) is 0 Å². The fraction of sp³-hybridized carbons (Fsp3) is 0.333. The van der Waals surface area contributed by atoms with Crippen LogP contribution >= 0.6 is 11.8 Å². The van der Waals surface area contributed by atoms with Gasteiger partial charge in [-0.05, 0) is 50.1 Å². The highest BCUT2D eigenvalue weighted by atomic mass is 32.2. The third-order valence-corrected chi connectivity index (χ3v) is 5.69. The number of rotatable bonds is 8. The van der Waals surface area contributed by atoms with Crippen molar-refractivity contribution in [3.05, 3.63) is 63.7 Å². The van der Waals surface area contributed by atoms with Crippen molar-refractivity contribution in [3.63, 3.8) is 0 Å². The van der Waals surface area contributed by atoms with E-state index in [1.165, 1.54) is 24.3 Å². The van der Waals surface area contributed by atoms with Gasteiger partial charge in [0.05, 0.1) is 4.92 Å². The smallest absolute Gasteiger partial charge is 0.270 e. The molecule has 2 aromatic carbocycles. The van der Waals surface area contributed by atoms with Gasteiger partial charge in [-0.15, -0.1) is 11.8 Å². The molecule has 0 spiro atoms. The van der Waals surface area contributed by atoms with E-state index in [9.17, 15) is 19.7 Å². The molecule has 2 amide bonds. The van der Waals surface area contributed by atoms with E-state index >= 15 is 0 Å². The Morgan fingerprint density at radius 2 is 1.90 bits per heavy atom. The third kappa shape index (κ3) is 6.32. The van der Waals surface area contributed by atoms with Crippen LogP contribution in [0.2, 0.25) is 0 Å². The predicted molar refractivity (Wildman–Crippen MR) is 115 cm³/mol. The fourth-order valence-corrected chi connectivity index (χ4v) is 3.54. The second-order valence-corrected chi connectivity index (χ2v) is 8.32. The minimum absolute atomic E-state index is 0.126. The average Bonchev–Trinajstić information content (AvgIpc) is 2.69. The molecule has 29 heavy (non-hydrogen) atoms. The Morgan fingerprint density at radius 3 is 2.52 bits per heavy atom. The van der Waals surface area contributed by atoms with Crippen molar-refractivity contribution in [2.45, 2.75) is 50.3 Å². The van der Waals surface area contributed by atoms with E-state index in [0.29, 0.717) is 10.9 Å². The summed E-state index contributed by atoms with van der Waals surface area (Å²) in [4.78, 5) is 36.2. The molecule has 0 heterocycles. The van der Waals surface area contributed by atoms with Gasteiger partial charge in [-0.25, -0.2) is 0 Å². The molecule has 2 N–H and O–H groups in total. The zero-order valence-corrected chi connectivity index (χ0v) is 17.7. The maximum Gasteiger partial charge on any atom is 0.270 e. The van der Waals surface area contributed by atoms with Crippen molar-refractivity contribution in [2.24, 2.45) is 0 Å². The molecule has 0 aliphatic rings. The van der Waals surface area contributed by atoms with Crippen LogP contribution in [0, 0.1) is 17.0 Å². The van der Waals surface area contributed by atoms with Crippen LogP contribution in [0.5, 0.6) is 0 Å². The van der Waals surface area contributed by atoms with Gasteiger partial charge in [0.1, 0.15) is 6.04 Å². The number of nitrogens with one attached hydrogen (secondary N) is 2. The molecular weight excluding hydrogens is 390 g/mol. The molecular formula is C21H25N3O4S. The second-order valence-electron chi connectivity index (χ2n) is 6.81. The molecule has 0 aliphatic heterocycles. The number of carbonyl (C=O) groups is 2. The van der Waals surface area contributed by atoms with Gasteiger partial charge in [0.2, 0.25) is 5.91 Å². The molecule has 2 atom stereocenters. The lowest BCUT2D eigenvalue weighted by Crippen LogP contribution is -2.41. The number of nitro benzene ring substituents is 1. The second kappa shape index (κ2) is 10.1. The molecule has 0 saturated heterocycles. The molecule has 7 nitrogen and oxygen atoms in total. The number of thioether (sulfide) groups is 1. The quantitative estimate of drug-likeness (QED) is 0.374. The summed E-state index contributed by atoms with van der Waals surface area (Å²) in [5, 5.41) is 16.8. The van der Waals surface area contributed by atoms with Crippen molar-refractivity contribution < 1.29 is 14.5 Å². The Kier molecular flexibility index (Phi) is 7.78. The van der Waals surface area contributed by atoms with Crippen molar-refractivity contribution in [1.82, 2.24) is 5.32 Å². The highest BCUT2D eigenvalue weighted by Gasteiger charge is 2.19. The number of aryl methyl sites for hydroxylation is 1. The number of nitrogens with zero attached hydrogens (tertiary/aromatic N) is 1. The number of amides is 2. The number of anilines is 1. The van der Waals surface area contributed by atoms with Gasteiger partial charge < -0.3 is 10.6 Å². The molecule has 0 aliphatic carbocycles. The van der Waals surface area contributed by atoms with E-state index in [2.05, 4.69) is 24.5 Å². The largest absolute Gasteiger partial charge is 0.341 e. The maximum absolute atomic E-state index is 12.5. The van der Waals surface area contributed by atoms with E-state index in [-0.39, 0.29) is 17.2 Å². The van der Waals surface area contributed by atoms with E-state index in [1.807, 2.05) is 25.1 Å². The van der Waals surface area contributed by atoms with E-state index < -0.39 is 16.9 Å². The van der Waals surface area contributed by atoms with Gasteiger partial charge in [-0.1, -0.05) is 19.9 Å². The predicted octanol–water partition coefficient (Wildman–Crippen LogP) is 4.55. The van der Waals surface area contributed by atoms with Crippen molar-refractivity contribution >= 4 is 35.0 Å². The van der Waals surface area contributed by atoms with Crippen LogP contribution < -0.4 is 10.6 Å². The van der Waals surface area contributed by atoms with Crippen LogP contribution in [0.25, 0.3) is 0 Å². The number of non-ortho nitro benzene ring substituents is 1. The molecule has 0 radical (unpaired) electrons. The summed E-state index contributed by atoms with van der Waals surface area (Å²) >= 11 is 1.78. The fourth-order valence-electron chi connectivity index (χ4n) is 2.51. The van der Waals surface area contributed by atoms with Gasteiger partial charge in [0.25, 0.3) is 11.6 Å². The normalized spacial score (nSPS) is 12.7. The third-order valence-electron chi connectivity index (χ3n) is 4.43. The monoisotopic (exact) mass is 415 g/mol. The van der Waals surface area contributed by atoms with Gasteiger partial charge in [0.15, 0.2) is 0 Å². The van der Waals surface area contributed by atoms with Crippen molar-refractivity contribution in [2.75, 3.05) is 5.32 Å². The first-order valence-electron chi connectivity index (χ1n) is 9.34. The van der Waals surface area contributed by atoms with Gasteiger partial charge in [-0.2, -0.15) is 0 Å². The standard InChI is InChI=1S/C21H25N3O4S/c1-5-14(3)29-18-9-10-19(13(2)11-18)23-20(25)15(4)22-21(26)16-7-6-8-17(12-16)24(27)28/h6-12,14-15H,5H2,1-4H3,(H,22,26)(H,23,25). The molecule has 0 bridgehead atoms. The Labute approximate surface area is 174 Å². The zero-order chi connectivity index (χ0) is 21.6. The highest BCUT2D eigenvalue weighted by Crippen LogP contribution is 2.28. The minimum Gasteiger partial charge on any atom is -0.341 e. The molecule has 2 aromatic rings. The Hall–Kier alpha value is -2.87. The summed E-state index contributed by atoms with van der Waals surface area (Å²) < 4.78 is 0. The first-order chi connectivity index (χ1) is 13.7. The molecule has 2 unspecified atom stereocenters. The first kappa shape index (κ1) is 22.4. The number of nitro groups is 1. The summed E-state index contributed by atoms with van der Waals surface area (Å²) in [5.41, 5.74) is 1.56. The van der Waals surface area contributed by atoms with Crippen LogP contribution in [0.1, 0.15) is 43.1 Å². The van der Waals surface area contributed by atoms with Crippen LogP contribution in [-0.4, -0.2) is 28.0 Å². The molecule has 0 saturated carbocycles. The Bertz CT molecular complexity index is 917. The lowest BCUT2D eigenvalue weighted by Gasteiger charge is -2.16. The average molecular weight is 416 g/mol. The van der Waals surface area contributed by atoms with E-state index in [4.69, 9.17) is 0 Å². The number of hydrogen-bond acceptors (Lipinski definition) is 5.